The SMILES string of the molecule is CCNCCNC(=O)c1cncc(-c2ccc(C)cc2)c1.Cl.Cl. The van der Waals surface area contributed by atoms with Gasteiger partial charge in [0.25, 0.3) is 5.91 Å². The maximum atomic E-state index is 12.1. The molecule has 1 amide bonds. The van der Waals surface area contributed by atoms with Crippen LogP contribution in [0.2, 0.25) is 0 Å². The molecule has 1 aromatic heterocycles. The molecule has 0 atom stereocenters. The minimum absolute atomic E-state index is 0. The van der Waals surface area contributed by atoms with Gasteiger partial charge in [-0.1, -0.05) is 36.8 Å². The van der Waals surface area contributed by atoms with Crippen LogP contribution in [0.5, 0.6) is 0 Å². The topological polar surface area (TPSA) is 54.0 Å². The number of aromatic nitrogens is 1. The van der Waals surface area contributed by atoms with Gasteiger partial charge in [-0.15, -0.1) is 24.8 Å². The fourth-order valence-electron chi connectivity index (χ4n) is 2.01. The van der Waals surface area contributed by atoms with Gasteiger partial charge in [0.05, 0.1) is 5.56 Å². The number of aryl methyl sites for hydroxylation is 1. The van der Waals surface area contributed by atoms with Crippen LogP contribution < -0.4 is 10.6 Å². The predicted molar refractivity (Wildman–Crippen MR) is 99.8 cm³/mol. The lowest BCUT2D eigenvalue weighted by Crippen LogP contribution is -2.31. The maximum Gasteiger partial charge on any atom is 0.252 e. The zero-order chi connectivity index (χ0) is 15.1. The van der Waals surface area contributed by atoms with Crippen LogP contribution in [0.25, 0.3) is 11.1 Å². The predicted octanol–water partition coefficient (Wildman–Crippen LogP) is 3.24. The summed E-state index contributed by atoms with van der Waals surface area (Å²) >= 11 is 0. The third-order valence-corrected chi connectivity index (χ3v) is 3.22. The number of likely N-dealkylation sites (N-methyl/N-ethyl adjacent to an activating group) is 1. The molecule has 0 spiro atoms. The lowest BCUT2D eigenvalue weighted by atomic mass is 10.0. The molecule has 0 saturated carbocycles. The van der Waals surface area contributed by atoms with Gasteiger partial charge in [-0.2, -0.15) is 0 Å². The Morgan fingerprint density at radius 1 is 1.04 bits per heavy atom. The van der Waals surface area contributed by atoms with Crippen LogP contribution in [-0.2, 0) is 0 Å². The Hall–Kier alpha value is -1.62. The van der Waals surface area contributed by atoms with Crippen LogP contribution >= 0.6 is 24.8 Å². The normalized spacial score (nSPS) is 9.48. The fraction of sp³-hybridized carbons (Fsp3) is 0.294. The Bertz CT molecular complexity index is 603. The van der Waals surface area contributed by atoms with Crippen LogP contribution in [-0.4, -0.2) is 30.5 Å². The van der Waals surface area contributed by atoms with Crippen molar-refractivity contribution in [1.82, 2.24) is 15.6 Å². The summed E-state index contributed by atoms with van der Waals surface area (Å²) in [5.74, 6) is -0.0886. The number of hydrogen-bond donors (Lipinski definition) is 2. The molecular formula is C17H23Cl2N3O. The van der Waals surface area contributed by atoms with E-state index in [0.717, 1.165) is 24.2 Å². The van der Waals surface area contributed by atoms with Crippen LogP contribution in [0, 0.1) is 6.92 Å². The minimum Gasteiger partial charge on any atom is -0.351 e. The Labute approximate surface area is 149 Å². The molecule has 2 N–H and O–H groups in total. The molecule has 0 fully saturated rings. The Morgan fingerprint density at radius 3 is 2.39 bits per heavy atom. The standard InChI is InChI=1S/C17H21N3O.2ClH/c1-3-18-8-9-20-17(21)16-10-15(11-19-12-16)14-6-4-13(2)5-7-14;;/h4-7,10-12,18H,3,8-9H2,1-2H3,(H,20,21);2*1H. The monoisotopic (exact) mass is 355 g/mol. The molecule has 4 nitrogen and oxygen atoms in total. The van der Waals surface area contributed by atoms with Crippen LogP contribution in [0.15, 0.2) is 42.7 Å². The number of amides is 1. The minimum atomic E-state index is -0.0886. The number of hydrogen-bond acceptors (Lipinski definition) is 3. The van der Waals surface area contributed by atoms with Crippen molar-refractivity contribution in [3.8, 4) is 11.1 Å². The van der Waals surface area contributed by atoms with Gasteiger partial charge in [0, 0.05) is 31.0 Å². The van der Waals surface area contributed by atoms with Crippen LogP contribution in [0.3, 0.4) is 0 Å². The van der Waals surface area contributed by atoms with Crippen molar-refractivity contribution in [2.24, 2.45) is 0 Å². The molecule has 0 aliphatic heterocycles. The van der Waals surface area contributed by atoms with Gasteiger partial charge >= 0.3 is 0 Å². The highest BCUT2D eigenvalue weighted by atomic mass is 35.5. The van der Waals surface area contributed by atoms with Crippen LogP contribution in [0.1, 0.15) is 22.8 Å². The van der Waals surface area contributed by atoms with E-state index >= 15 is 0 Å². The molecule has 1 aromatic carbocycles. The first-order valence-electron chi connectivity index (χ1n) is 7.21. The second-order valence-corrected chi connectivity index (χ2v) is 4.94. The van der Waals surface area contributed by atoms with E-state index in [0.29, 0.717) is 12.1 Å². The molecule has 2 rings (SSSR count). The second-order valence-electron chi connectivity index (χ2n) is 4.94. The van der Waals surface area contributed by atoms with Crippen molar-refractivity contribution in [3.63, 3.8) is 0 Å². The highest BCUT2D eigenvalue weighted by Gasteiger charge is 2.07. The number of carbonyl (C=O) groups is 1. The molecule has 23 heavy (non-hydrogen) atoms. The number of halogens is 2. The average molecular weight is 356 g/mol. The average Bonchev–Trinajstić information content (AvgIpc) is 2.52. The fourth-order valence-corrected chi connectivity index (χ4v) is 2.01. The number of nitrogens with one attached hydrogen (secondary N) is 2. The van der Waals surface area contributed by atoms with Crippen molar-refractivity contribution >= 4 is 30.7 Å². The lowest BCUT2D eigenvalue weighted by Gasteiger charge is -2.07. The van der Waals surface area contributed by atoms with Gasteiger partial charge in [0.1, 0.15) is 0 Å². The van der Waals surface area contributed by atoms with E-state index in [1.165, 1.54) is 5.56 Å². The molecule has 0 bridgehead atoms. The van der Waals surface area contributed by atoms with Gasteiger partial charge < -0.3 is 10.6 Å². The maximum absolute atomic E-state index is 12.1. The number of pyridine rings is 1. The first-order valence-corrected chi connectivity index (χ1v) is 7.21. The van der Waals surface area contributed by atoms with Crippen LogP contribution in [0.4, 0.5) is 0 Å². The molecule has 126 valence electrons. The summed E-state index contributed by atoms with van der Waals surface area (Å²) in [7, 11) is 0. The largest absolute Gasteiger partial charge is 0.351 e. The molecule has 0 aliphatic carbocycles. The third kappa shape index (κ3) is 6.57. The smallest absolute Gasteiger partial charge is 0.252 e. The van der Waals surface area contributed by atoms with Crippen molar-refractivity contribution < 1.29 is 4.79 Å². The van der Waals surface area contributed by atoms with Crippen molar-refractivity contribution in [2.45, 2.75) is 13.8 Å². The van der Waals surface area contributed by atoms with E-state index < -0.39 is 0 Å². The first kappa shape index (κ1) is 21.4. The Kier molecular flexibility index (Phi) is 10.2. The van der Waals surface area contributed by atoms with Gasteiger partial charge in [0.2, 0.25) is 0 Å². The summed E-state index contributed by atoms with van der Waals surface area (Å²) < 4.78 is 0. The Balaban J connectivity index is 0.00000242. The molecular weight excluding hydrogens is 333 g/mol. The summed E-state index contributed by atoms with van der Waals surface area (Å²) in [6.07, 6.45) is 3.38. The van der Waals surface area contributed by atoms with E-state index in [1.54, 1.807) is 12.4 Å². The summed E-state index contributed by atoms with van der Waals surface area (Å²) in [5.41, 5.74) is 3.82. The zero-order valence-electron chi connectivity index (χ0n) is 13.3. The van der Waals surface area contributed by atoms with E-state index in [-0.39, 0.29) is 30.7 Å². The highest BCUT2D eigenvalue weighted by Crippen LogP contribution is 2.19. The van der Waals surface area contributed by atoms with E-state index in [2.05, 4.69) is 34.7 Å². The highest BCUT2D eigenvalue weighted by molar-refractivity contribution is 5.95. The summed E-state index contributed by atoms with van der Waals surface area (Å²) in [5, 5.41) is 6.05. The van der Waals surface area contributed by atoms with E-state index in [1.807, 2.05) is 25.1 Å². The van der Waals surface area contributed by atoms with E-state index in [9.17, 15) is 4.79 Å². The second kappa shape index (κ2) is 11.0. The lowest BCUT2D eigenvalue weighted by molar-refractivity contribution is 0.0953. The number of benzene rings is 1. The molecule has 0 aliphatic rings. The molecule has 0 unspecified atom stereocenters. The molecule has 6 heteroatoms. The molecule has 0 saturated heterocycles. The zero-order valence-corrected chi connectivity index (χ0v) is 15.0. The van der Waals surface area contributed by atoms with Crippen molar-refractivity contribution in [1.29, 1.82) is 0 Å². The number of rotatable bonds is 6. The first-order chi connectivity index (χ1) is 10.2. The molecule has 0 radical (unpaired) electrons. The van der Waals surface area contributed by atoms with Gasteiger partial charge in [-0.3, -0.25) is 9.78 Å². The molecule has 2 aromatic rings. The van der Waals surface area contributed by atoms with E-state index in [4.69, 9.17) is 0 Å². The van der Waals surface area contributed by atoms with Gasteiger partial charge in [-0.05, 0) is 25.1 Å². The number of nitrogens with zero attached hydrogens (tertiary/aromatic N) is 1. The van der Waals surface area contributed by atoms with Crippen molar-refractivity contribution in [3.05, 3.63) is 53.9 Å². The van der Waals surface area contributed by atoms with Crippen molar-refractivity contribution in [2.75, 3.05) is 19.6 Å². The van der Waals surface area contributed by atoms with Gasteiger partial charge in [-0.25, -0.2) is 0 Å². The summed E-state index contributed by atoms with van der Waals surface area (Å²) in [4.78, 5) is 16.2. The summed E-state index contributed by atoms with van der Waals surface area (Å²) in [6, 6.07) is 10.1. The quantitative estimate of drug-likeness (QED) is 0.782. The Morgan fingerprint density at radius 2 is 1.74 bits per heavy atom. The summed E-state index contributed by atoms with van der Waals surface area (Å²) in [6.45, 7) is 6.38. The number of carbonyl (C=O) groups excluding carboxylic acids is 1. The molecule has 1 heterocycles. The van der Waals surface area contributed by atoms with Gasteiger partial charge in [0.15, 0.2) is 0 Å². The third-order valence-electron chi connectivity index (χ3n) is 3.22.